The Balaban J connectivity index is 1.80. The first-order valence-corrected chi connectivity index (χ1v) is 7.96. The van der Waals surface area contributed by atoms with Gasteiger partial charge in [-0.1, -0.05) is 18.2 Å². The minimum absolute atomic E-state index is 0.0928. The van der Waals surface area contributed by atoms with Crippen LogP contribution in [0.25, 0.3) is 11.1 Å². The summed E-state index contributed by atoms with van der Waals surface area (Å²) in [5.74, 6) is -0.0687. The van der Waals surface area contributed by atoms with Gasteiger partial charge in [0.2, 0.25) is 0 Å². The number of carbonyl (C=O) groups excluding carboxylic acids is 1. The van der Waals surface area contributed by atoms with Gasteiger partial charge in [-0.05, 0) is 48.2 Å². The van der Waals surface area contributed by atoms with E-state index in [-0.39, 0.29) is 23.6 Å². The first-order valence-electron chi connectivity index (χ1n) is 7.96. The second kappa shape index (κ2) is 6.61. The predicted molar refractivity (Wildman–Crippen MR) is 91.5 cm³/mol. The van der Waals surface area contributed by atoms with Gasteiger partial charge in [-0.15, -0.1) is 0 Å². The molecule has 1 aliphatic carbocycles. The fourth-order valence-corrected chi connectivity index (χ4v) is 2.95. The Morgan fingerprint density at radius 3 is 2.33 bits per heavy atom. The Morgan fingerprint density at radius 2 is 1.79 bits per heavy atom. The summed E-state index contributed by atoms with van der Waals surface area (Å²) in [6, 6.07) is 12.3. The number of halogens is 1. The highest BCUT2D eigenvalue weighted by Gasteiger charge is 2.32. The Morgan fingerprint density at radius 1 is 1.17 bits per heavy atom. The van der Waals surface area contributed by atoms with Gasteiger partial charge in [0, 0.05) is 19.1 Å². The molecule has 0 aromatic heterocycles. The van der Waals surface area contributed by atoms with Crippen LogP contribution in [-0.4, -0.2) is 37.0 Å². The lowest BCUT2D eigenvalue weighted by molar-refractivity contribution is 0.0620. The molecule has 2 aromatic rings. The van der Waals surface area contributed by atoms with Crippen molar-refractivity contribution in [1.29, 1.82) is 0 Å². The van der Waals surface area contributed by atoms with Crippen LogP contribution >= 0.6 is 0 Å². The summed E-state index contributed by atoms with van der Waals surface area (Å²) in [7, 11) is 3.30. The number of nitrogens with two attached hydrogens (primary N) is 1. The molecule has 0 atom stereocenters. The van der Waals surface area contributed by atoms with E-state index in [0.29, 0.717) is 0 Å². The SMILES string of the molecule is COc1ccc(-c2ccc(C(=O)N(C)C3CC(N)C3)c(F)c2)cc1. The molecular formula is C19H21FN2O2. The highest BCUT2D eigenvalue weighted by atomic mass is 19.1. The summed E-state index contributed by atoms with van der Waals surface area (Å²) < 4.78 is 19.6. The van der Waals surface area contributed by atoms with Crippen LogP contribution < -0.4 is 10.5 Å². The molecule has 0 bridgehead atoms. The average Bonchev–Trinajstić information content (AvgIpc) is 2.58. The number of hydrogen-bond donors (Lipinski definition) is 1. The maximum Gasteiger partial charge on any atom is 0.256 e. The summed E-state index contributed by atoms with van der Waals surface area (Å²) in [4.78, 5) is 14.1. The molecule has 2 N–H and O–H groups in total. The van der Waals surface area contributed by atoms with Gasteiger partial charge in [-0.25, -0.2) is 4.39 Å². The smallest absolute Gasteiger partial charge is 0.256 e. The van der Waals surface area contributed by atoms with Crippen molar-refractivity contribution in [2.24, 2.45) is 5.73 Å². The first kappa shape index (κ1) is 16.5. The van der Waals surface area contributed by atoms with E-state index in [9.17, 15) is 9.18 Å². The molecule has 1 saturated carbocycles. The van der Waals surface area contributed by atoms with Crippen molar-refractivity contribution in [3.05, 3.63) is 53.8 Å². The third-order valence-corrected chi connectivity index (χ3v) is 4.64. The Labute approximate surface area is 141 Å². The van der Waals surface area contributed by atoms with Crippen LogP contribution in [0.15, 0.2) is 42.5 Å². The number of hydrogen-bond acceptors (Lipinski definition) is 3. The summed E-state index contributed by atoms with van der Waals surface area (Å²) in [6.07, 6.45) is 1.54. The molecular weight excluding hydrogens is 307 g/mol. The third kappa shape index (κ3) is 3.12. The molecule has 0 aliphatic heterocycles. The van der Waals surface area contributed by atoms with E-state index in [1.807, 2.05) is 24.3 Å². The normalized spacial score (nSPS) is 19.5. The molecule has 0 radical (unpaired) electrons. The first-order chi connectivity index (χ1) is 11.5. The average molecular weight is 328 g/mol. The van der Waals surface area contributed by atoms with E-state index in [2.05, 4.69) is 0 Å². The van der Waals surface area contributed by atoms with Crippen molar-refractivity contribution < 1.29 is 13.9 Å². The second-order valence-corrected chi connectivity index (χ2v) is 6.22. The molecule has 1 fully saturated rings. The van der Waals surface area contributed by atoms with Crippen LogP contribution in [0.1, 0.15) is 23.2 Å². The van der Waals surface area contributed by atoms with E-state index >= 15 is 0 Å². The van der Waals surface area contributed by atoms with E-state index in [4.69, 9.17) is 10.5 Å². The van der Waals surface area contributed by atoms with Gasteiger partial charge in [0.15, 0.2) is 0 Å². The zero-order valence-corrected chi connectivity index (χ0v) is 13.8. The van der Waals surface area contributed by atoms with Gasteiger partial charge < -0.3 is 15.4 Å². The van der Waals surface area contributed by atoms with Crippen LogP contribution in [0.4, 0.5) is 4.39 Å². The number of carbonyl (C=O) groups is 1. The number of methoxy groups -OCH3 is 1. The summed E-state index contributed by atoms with van der Waals surface area (Å²) in [5, 5.41) is 0. The standard InChI is InChI=1S/C19H21FN2O2/c1-22(15-10-14(21)11-15)19(23)17-8-5-13(9-18(17)20)12-3-6-16(24-2)7-4-12/h3-9,14-15H,10-11,21H2,1-2H3. The molecule has 2 aromatic carbocycles. The quantitative estimate of drug-likeness (QED) is 0.938. The lowest BCUT2D eigenvalue weighted by Gasteiger charge is -2.39. The van der Waals surface area contributed by atoms with Crippen molar-refractivity contribution in [1.82, 2.24) is 4.90 Å². The van der Waals surface area contributed by atoms with E-state index < -0.39 is 5.82 Å². The minimum atomic E-state index is -0.510. The van der Waals surface area contributed by atoms with Crippen molar-refractivity contribution in [3.63, 3.8) is 0 Å². The molecule has 1 aliphatic rings. The molecule has 0 saturated heterocycles. The zero-order chi connectivity index (χ0) is 17.3. The van der Waals surface area contributed by atoms with Crippen molar-refractivity contribution in [2.75, 3.05) is 14.2 Å². The van der Waals surface area contributed by atoms with Crippen LogP contribution in [0.2, 0.25) is 0 Å². The van der Waals surface area contributed by atoms with Gasteiger partial charge in [0.25, 0.3) is 5.91 Å². The molecule has 4 nitrogen and oxygen atoms in total. The molecule has 126 valence electrons. The maximum absolute atomic E-state index is 14.5. The van der Waals surface area contributed by atoms with E-state index in [1.165, 1.54) is 6.07 Å². The van der Waals surface area contributed by atoms with Crippen molar-refractivity contribution in [3.8, 4) is 16.9 Å². The summed E-state index contributed by atoms with van der Waals surface area (Å²) in [5.41, 5.74) is 7.44. The van der Waals surface area contributed by atoms with Gasteiger partial charge >= 0.3 is 0 Å². The monoisotopic (exact) mass is 328 g/mol. The molecule has 1 amide bonds. The number of benzene rings is 2. The molecule has 0 spiro atoms. The van der Waals surface area contributed by atoms with E-state index in [1.54, 1.807) is 31.2 Å². The molecule has 0 unspecified atom stereocenters. The van der Waals surface area contributed by atoms with Crippen LogP contribution in [0.3, 0.4) is 0 Å². The second-order valence-electron chi connectivity index (χ2n) is 6.22. The van der Waals surface area contributed by atoms with Gasteiger partial charge in [-0.2, -0.15) is 0 Å². The van der Waals surface area contributed by atoms with Gasteiger partial charge in [-0.3, -0.25) is 4.79 Å². The molecule has 5 heteroatoms. The van der Waals surface area contributed by atoms with Crippen molar-refractivity contribution >= 4 is 5.91 Å². The highest BCUT2D eigenvalue weighted by molar-refractivity contribution is 5.95. The Kier molecular flexibility index (Phi) is 4.53. The van der Waals surface area contributed by atoms with Crippen LogP contribution in [-0.2, 0) is 0 Å². The lowest BCUT2D eigenvalue weighted by Crippen LogP contribution is -2.51. The zero-order valence-electron chi connectivity index (χ0n) is 13.8. The Hall–Kier alpha value is -2.40. The molecule has 0 heterocycles. The number of ether oxygens (including phenoxy) is 1. The fourth-order valence-electron chi connectivity index (χ4n) is 2.95. The maximum atomic E-state index is 14.5. The molecule has 3 rings (SSSR count). The van der Waals surface area contributed by atoms with Gasteiger partial charge in [0.1, 0.15) is 11.6 Å². The lowest BCUT2D eigenvalue weighted by atomic mass is 9.86. The largest absolute Gasteiger partial charge is 0.497 e. The minimum Gasteiger partial charge on any atom is -0.497 e. The van der Waals surface area contributed by atoms with Crippen molar-refractivity contribution in [2.45, 2.75) is 24.9 Å². The van der Waals surface area contributed by atoms with Crippen LogP contribution in [0, 0.1) is 5.82 Å². The number of amides is 1. The van der Waals surface area contributed by atoms with Gasteiger partial charge in [0.05, 0.1) is 12.7 Å². The fraction of sp³-hybridized carbons (Fsp3) is 0.316. The number of nitrogens with zero attached hydrogens (tertiary/aromatic N) is 1. The summed E-state index contributed by atoms with van der Waals surface area (Å²) in [6.45, 7) is 0. The van der Waals surface area contributed by atoms with Crippen LogP contribution in [0.5, 0.6) is 5.75 Å². The summed E-state index contributed by atoms with van der Waals surface area (Å²) >= 11 is 0. The number of rotatable bonds is 4. The molecule has 24 heavy (non-hydrogen) atoms. The third-order valence-electron chi connectivity index (χ3n) is 4.64. The topological polar surface area (TPSA) is 55.6 Å². The predicted octanol–water partition coefficient (Wildman–Crippen LogP) is 3.06. The van der Waals surface area contributed by atoms with E-state index in [0.717, 1.165) is 29.7 Å². The highest BCUT2D eigenvalue weighted by Crippen LogP contribution is 2.27. The Bertz CT molecular complexity index is 740.